The highest BCUT2D eigenvalue weighted by molar-refractivity contribution is 7.47. The number of carboxylic acid groups (broad SMARTS) is 1. The molecule has 0 aliphatic carbocycles. The Morgan fingerprint density at radius 2 is 0.839 bits per heavy atom. The standard InChI is InChI=1S/C50H96NO10P/c1-3-5-7-9-11-13-15-17-19-21-22-23-24-25-26-27-29-31-33-35-37-39-41-48(53)51-47(50(55)56)45-61-62(57,58)60-44-46(52)43-59-49(54)42-40-38-36-34-32-30-28-20-18-16-14-12-10-8-6-4-2/h20,28,46-47,52H,3-19,21-27,29-45H2,1-2H3,(H,51,53)(H,55,56)(H,57,58)/b28-20-. The lowest BCUT2D eigenvalue weighted by molar-refractivity contribution is -0.147. The van der Waals surface area contributed by atoms with Crippen molar-refractivity contribution in [2.75, 3.05) is 19.8 Å². The summed E-state index contributed by atoms with van der Waals surface area (Å²) in [5, 5.41) is 21.9. The summed E-state index contributed by atoms with van der Waals surface area (Å²) >= 11 is 0. The van der Waals surface area contributed by atoms with Gasteiger partial charge in [-0.2, -0.15) is 0 Å². The van der Waals surface area contributed by atoms with Gasteiger partial charge < -0.3 is 25.2 Å². The van der Waals surface area contributed by atoms with E-state index in [1.54, 1.807) is 0 Å². The van der Waals surface area contributed by atoms with Gasteiger partial charge in [0, 0.05) is 12.8 Å². The number of rotatable bonds is 49. The normalized spacial score (nSPS) is 13.6. The third kappa shape index (κ3) is 44.8. The fraction of sp³-hybridized carbons (Fsp3) is 0.900. The van der Waals surface area contributed by atoms with Gasteiger partial charge in [-0.25, -0.2) is 9.36 Å². The van der Waals surface area contributed by atoms with E-state index in [1.807, 2.05) is 0 Å². The Bertz CT molecular complexity index is 1110. The number of aliphatic carboxylic acids is 1. The Morgan fingerprint density at radius 3 is 1.23 bits per heavy atom. The minimum Gasteiger partial charge on any atom is -0.480 e. The number of allylic oxidation sites excluding steroid dienone is 2. The van der Waals surface area contributed by atoms with E-state index in [4.69, 9.17) is 13.8 Å². The second kappa shape index (κ2) is 45.8. The Morgan fingerprint density at radius 1 is 0.500 bits per heavy atom. The molecule has 0 bridgehead atoms. The van der Waals surface area contributed by atoms with Gasteiger partial charge in [-0.3, -0.25) is 18.6 Å². The van der Waals surface area contributed by atoms with Crippen LogP contribution in [0.1, 0.15) is 258 Å². The van der Waals surface area contributed by atoms with Crippen LogP contribution in [-0.4, -0.2) is 64.9 Å². The number of phosphoric acid groups is 1. The summed E-state index contributed by atoms with van der Waals surface area (Å²) in [6.07, 6.45) is 48.1. The first-order valence-electron chi connectivity index (χ1n) is 25.7. The number of hydrogen-bond donors (Lipinski definition) is 4. The maximum Gasteiger partial charge on any atom is 0.472 e. The third-order valence-corrected chi connectivity index (χ3v) is 12.5. The SMILES string of the molecule is CCCCCCCCC/C=C\CCCCCCCC(=O)OCC(O)COP(=O)(O)OCC(NC(=O)CCCCCCCCCCCCCCCCCCCCCCCC)C(=O)O. The van der Waals surface area contributed by atoms with Gasteiger partial charge in [-0.05, 0) is 38.5 Å². The third-order valence-electron chi connectivity index (χ3n) is 11.6. The molecule has 1 amide bonds. The van der Waals surface area contributed by atoms with Crippen LogP contribution in [0.5, 0.6) is 0 Å². The van der Waals surface area contributed by atoms with Gasteiger partial charge in [0.05, 0.1) is 13.2 Å². The second-order valence-corrected chi connectivity index (χ2v) is 19.2. The molecule has 0 radical (unpaired) electrons. The van der Waals surface area contributed by atoms with Crippen LogP contribution in [0.25, 0.3) is 0 Å². The van der Waals surface area contributed by atoms with Gasteiger partial charge >= 0.3 is 19.8 Å². The average molecular weight is 902 g/mol. The van der Waals surface area contributed by atoms with Crippen molar-refractivity contribution in [2.45, 2.75) is 270 Å². The first kappa shape index (κ1) is 60.2. The molecule has 12 heteroatoms. The van der Waals surface area contributed by atoms with Gasteiger partial charge in [0.2, 0.25) is 5.91 Å². The van der Waals surface area contributed by atoms with Gasteiger partial charge in [0.15, 0.2) is 6.04 Å². The molecule has 0 saturated carbocycles. The van der Waals surface area contributed by atoms with E-state index in [0.29, 0.717) is 12.8 Å². The predicted molar refractivity (Wildman–Crippen MR) is 254 cm³/mol. The Hall–Kier alpha value is -1.78. The highest BCUT2D eigenvalue weighted by Crippen LogP contribution is 2.43. The number of ether oxygens (including phenoxy) is 1. The number of aliphatic hydroxyl groups excluding tert-OH is 1. The number of hydrogen-bond acceptors (Lipinski definition) is 8. The van der Waals surface area contributed by atoms with Crippen LogP contribution in [0.4, 0.5) is 0 Å². The van der Waals surface area contributed by atoms with Gasteiger partial charge in [0.25, 0.3) is 0 Å². The molecule has 0 saturated heterocycles. The topological polar surface area (TPSA) is 169 Å². The predicted octanol–water partition coefficient (Wildman–Crippen LogP) is 14.0. The van der Waals surface area contributed by atoms with Crippen LogP contribution in [0.3, 0.4) is 0 Å². The minimum absolute atomic E-state index is 0.151. The van der Waals surface area contributed by atoms with Crippen molar-refractivity contribution in [2.24, 2.45) is 0 Å². The molecule has 62 heavy (non-hydrogen) atoms. The molecule has 0 rings (SSSR count). The molecule has 11 nitrogen and oxygen atoms in total. The lowest BCUT2D eigenvalue weighted by Crippen LogP contribution is -2.43. The molecule has 0 spiro atoms. The number of nitrogens with one attached hydrogen (secondary N) is 1. The number of carbonyl (C=O) groups excluding carboxylic acids is 2. The fourth-order valence-corrected chi connectivity index (χ4v) is 8.32. The molecule has 0 aliphatic rings. The van der Waals surface area contributed by atoms with Crippen LogP contribution in [-0.2, 0) is 32.7 Å². The molecule has 3 atom stereocenters. The van der Waals surface area contributed by atoms with Gasteiger partial charge in [-0.1, -0.05) is 219 Å². The molecule has 4 N–H and O–H groups in total. The van der Waals surface area contributed by atoms with Crippen molar-refractivity contribution in [1.82, 2.24) is 5.32 Å². The Balaban J connectivity index is 3.80. The summed E-state index contributed by atoms with van der Waals surface area (Å²) < 4.78 is 26.9. The van der Waals surface area contributed by atoms with Crippen LogP contribution in [0, 0.1) is 0 Å². The summed E-state index contributed by atoms with van der Waals surface area (Å²) in [5.74, 6) is -2.36. The lowest BCUT2D eigenvalue weighted by Gasteiger charge is -2.18. The van der Waals surface area contributed by atoms with E-state index in [-0.39, 0.29) is 12.8 Å². The number of phosphoric ester groups is 1. The largest absolute Gasteiger partial charge is 0.480 e. The number of carboxylic acids is 1. The molecule has 3 unspecified atom stereocenters. The van der Waals surface area contributed by atoms with Crippen molar-refractivity contribution < 1.29 is 47.8 Å². The van der Waals surface area contributed by atoms with Gasteiger partial charge in [-0.15, -0.1) is 0 Å². The maximum atomic E-state index is 12.4. The number of unbranched alkanes of at least 4 members (excludes halogenated alkanes) is 33. The molecule has 0 aromatic heterocycles. The highest BCUT2D eigenvalue weighted by Gasteiger charge is 2.28. The van der Waals surface area contributed by atoms with Gasteiger partial charge in [0.1, 0.15) is 12.7 Å². The molecule has 0 aromatic carbocycles. The molecule has 0 fully saturated rings. The summed E-state index contributed by atoms with van der Waals surface area (Å²) in [6, 6.07) is -1.54. The van der Waals surface area contributed by atoms with E-state index >= 15 is 0 Å². The quantitative estimate of drug-likeness (QED) is 0.0200. The number of esters is 1. The summed E-state index contributed by atoms with van der Waals surface area (Å²) in [7, 11) is -4.76. The zero-order valence-electron chi connectivity index (χ0n) is 39.9. The molecular weight excluding hydrogens is 806 g/mol. The first-order chi connectivity index (χ1) is 30.1. The first-order valence-corrected chi connectivity index (χ1v) is 27.2. The zero-order valence-corrected chi connectivity index (χ0v) is 40.8. The van der Waals surface area contributed by atoms with Crippen molar-refractivity contribution in [3.05, 3.63) is 12.2 Å². The van der Waals surface area contributed by atoms with Crippen LogP contribution in [0.2, 0.25) is 0 Å². The summed E-state index contributed by atoms with van der Waals surface area (Å²) in [4.78, 5) is 46.1. The van der Waals surface area contributed by atoms with Crippen molar-refractivity contribution in [3.63, 3.8) is 0 Å². The molecule has 366 valence electrons. The van der Waals surface area contributed by atoms with E-state index in [9.17, 15) is 34.1 Å². The van der Waals surface area contributed by atoms with Crippen molar-refractivity contribution in [3.8, 4) is 0 Å². The number of amides is 1. The summed E-state index contributed by atoms with van der Waals surface area (Å²) in [5.41, 5.74) is 0. The minimum atomic E-state index is -4.76. The van der Waals surface area contributed by atoms with Crippen LogP contribution >= 0.6 is 7.82 Å². The average Bonchev–Trinajstić information content (AvgIpc) is 3.25. The molecule has 0 aliphatic heterocycles. The van der Waals surface area contributed by atoms with E-state index in [1.165, 1.54) is 161 Å². The smallest absolute Gasteiger partial charge is 0.472 e. The second-order valence-electron chi connectivity index (χ2n) is 17.7. The van der Waals surface area contributed by atoms with E-state index in [2.05, 4.69) is 31.3 Å². The number of aliphatic hydroxyl groups is 1. The van der Waals surface area contributed by atoms with Crippen LogP contribution in [0.15, 0.2) is 12.2 Å². The summed E-state index contributed by atoms with van der Waals surface area (Å²) in [6.45, 7) is 2.63. The van der Waals surface area contributed by atoms with E-state index in [0.717, 1.165) is 57.8 Å². The zero-order chi connectivity index (χ0) is 45.6. The molecule has 0 heterocycles. The lowest BCUT2D eigenvalue weighted by atomic mass is 10.0. The van der Waals surface area contributed by atoms with E-state index < -0.39 is 57.6 Å². The molecular formula is C50H96NO10P. The Labute approximate surface area is 379 Å². The number of carbonyl (C=O) groups is 3. The monoisotopic (exact) mass is 902 g/mol. The highest BCUT2D eigenvalue weighted by atomic mass is 31.2. The van der Waals surface area contributed by atoms with Crippen molar-refractivity contribution in [1.29, 1.82) is 0 Å². The van der Waals surface area contributed by atoms with Crippen LogP contribution < -0.4 is 5.32 Å². The molecule has 0 aromatic rings. The fourth-order valence-electron chi connectivity index (χ4n) is 7.55. The maximum absolute atomic E-state index is 12.4. The Kier molecular flexibility index (Phi) is 44.5. The van der Waals surface area contributed by atoms with Crippen molar-refractivity contribution >= 4 is 25.7 Å².